The highest BCUT2D eigenvalue weighted by Gasteiger charge is 2.03. The SMILES string of the molecule is P.c1ccc2nc(Oc3ccc4ccccc4n3)ccc2c1. The molecule has 4 aromatic rings. The van der Waals surface area contributed by atoms with E-state index in [1.54, 1.807) is 0 Å². The van der Waals surface area contributed by atoms with Crippen LogP contribution in [0.1, 0.15) is 0 Å². The first kappa shape index (κ1) is 14.4. The van der Waals surface area contributed by atoms with E-state index in [0.717, 1.165) is 21.8 Å². The molecule has 0 spiro atoms. The molecule has 0 aliphatic carbocycles. The summed E-state index contributed by atoms with van der Waals surface area (Å²) in [6, 6.07) is 23.6. The fourth-order valence-electron chi connectivity index (χ4n) is 2.32. The molecule has 0 radical (unpaired) electrons. The maximum absolute atomic E-state index is 5.77. The minimum absolute atomic E-state index is 0. The first-order valence-corrected chi connectivity index (χ1v) is 6.78. The summed E-state index contributed by atoms with van der Waals surface area (Å²) in [6.07, 6.45) is 0. The molecule has 0 saturated carbocycles. The van der Waals surface area contributed by atoms with Crippen LogP contribution < -0.4 is 4.74 Å². The van der Waals surface area contributed by atoms with Crippen molar-refractivity contribution in [1.82, 2.24) is 9.97 Å². The Kier molecular flexibility index (Phi) is 3.99. The van der Waals surface area contributed by atoms with Crippen LogP contribution in [0, 0.1) is 0 Å². The minimum Gasteiger partial charge on any atom is -0.421 e. The molecule has 0 bridgehead atoms. The number of hydrogen-bond donors (Lipinski definition) is 0. The molecule has 4 rings (SSSR count). The highest BCUT2D eigenvalue weighted by molar-refractivity contribution is 6.92. The van der Waals surface area contributed by atoms with Gasteiger partial charge in [0.2, 0.25) is 11.8 Å². The molecule has 2 aromatic carbocycles. The summed E-state index contributed by atoms with van der Waals surface area (Å²) in [5.74, 6) is 1.10. The fraction of sp³-hybridized carbons (Fsp3) is 0. The molecule has 0 aliphatic heterocycles. The number of hydrogen-bond acceptors (Lipinski definition) is 3. The van der Waals surface area contributed by atoms with Gasteiger partial charge in [0.25, 0.3) is 0 Å². The van der Waals surface area contributed by atoms with Crippen LogP contribution in [0.15, 0.2) is 72.8 Å². The zero-order valence-electron chi connectivity index (χ0n) is 11.9. The van der Waals surface area contributed by atoms with Crippen LogP contribution in [0.5, 0.6) is 11.8 Å². The van der Waals surface area contributed by atoms with E-state index in [-0.39, 0.29) is 9.90 Å². The molecule has 4 heteroatoms. The van der Waals surface area contributed by atoms with E-state index >= 15 is 0 Å². The van der Waals surface area contributed by atoms with Crippen LogP contribution >= 0.6 is 9.90 Å². The summed E-state index contributed by atoms with van der Waals surface area (Å²) in [5, 5.41) is 2.19. The number of pyridine rings is 2. The summed E-state index contributed by atoms with van der Waals surface area (Å²) in [6.45, 7) is 0. The third-order valence-electron chi connectivity index (χ3n) is 3.35. The molecule has 0 N–H and O–H groups in total. The van der Waals surface area contributed by atoms with E-state index in [0.29, 0.717) is 11.8 Å². The second kappa shape index (κ2) is 6.08. The van der Waals surface area contributed by atoms with E-state index < -0.39 is 0 Å². The van der Waals surface area contributed by atoms with E-state index in [2.05, 4.69) is 9.97 Å². The Labute approximate surface area is 131 Å². The van der Waals surface area contributed by atoms with Crippen LogP contribution in [-0.4, -0.2) is 9.97 Å². The lowest BCUT2D eigenvalue weighted by Crippen LogP contribution is -1.91. The number of nitrogens with zero attached hydrogens (tertiary/aromatic N) is 2. The van der Waals surface area contributed by atoms with Crippen molar-refractivity contribution in [3.05, 3.63) is 72.8 Å². The molecule has 2 aromatic heterocycles. The van der Waals surface area contributed by atoms with Gasteiger partial charge in [-0.1, -0.05) is 36.4 Å². The molecule has 3 nitrogen and oxygen atoms in total. The molecule has 22 heavy (non-hydrogen) atoms. The number of para-hydroxylation sites is 2. The highest BCUT2D eigenvalue weighted by Crippen LogP contribution is 2.23. The van der Waals surface area contributed by atoms with Crippen molar-refractivity contribution in [2.75, 3.05) is 0 Å². The van der Waals surface area contributed by atoms with Crippen LogP contribution in [0.2, 0.25) is 0 Å². The maximum Gasteiger partial charge on any atom is 0.221 e. The first-order valence-electron chi connectivity index (χ1n) is 6.78. The number of fused-ring (bicyclic) bond motifs is 2. The smallest absolute Gasteiger partial charge is 0.221 e. The van der Waals surface area contributed by atoms with Crippen molar-refractivity contribution in [2.45, 2.75) is 0 Å². The monoisotopic (exact) mass is 306 g/mol. The van der Waals surface area contributed by atoms with E-state index in [1.807, 2.05) is 72.8 Å². The standard InChI is InChI=1S/C18H12N2O.H3P/c1-3-7-15-13(5-1)9-11-17(19-15)21-18-12-10-14-6-2-4-8-16(14)20-18;/h1-12H;1H3. The van der Waals surface area contributed by atoms with Crippen molar-refractivity contribution in [3.63, 3.8) is 0 Å². The van der Waals surface area contributed by atoms with Crippen molar-refractivity contribution in [1.29, 1.82) is 0 Å². The predicted octanol–water partition coefficient (Wildman–Crippen LogP) is 4.63. The van der Waals surface area contributed by atoms with Gasteiger partial charge in [-0.3, -0.25) is 0 Å². The normalized spacial score (nSPS) is 10.4. The highest BCUT2D eigenvalue weighted by atomic mass is 31.0. The molecule has 1 unspecified atom stereocenters. The third-order valence-corrected chi connectivity index (χ3v) is 3.35. The van der Waals surface area contributed by atoms with Gasteiger partial charge in [0, 0.05) is 22.9 Å². The van der Waals surface area contributed by atoms with Crippen LogP contribution in [0.25, 0.3) is 21.8 Å². The van der Waals surface area contributed by atoms with Crippen molar-refractivity contribution < 1.29 is 4.74 Å². The van der Waals surface area contributed by atoms with Crippen LogP contribution in [-0.2, 0) is 0 Å². The zero-order valence-corrected chi connectivity index (χ0v) is 13.4. The molecule has 1 atom stereocenters. The second-order valence-electron chi connectivity index (χ2n) is 4.79. The summed E-state index contributed by atoms with van der Waals surface area (Å²) in [4.78, 5) is 8.98. The van der Waals surface area contributed by atoms with Gasteiger partial charge in [0.1, 0.15) is 0 Å². The Balaban J connectivity index is 0.00000144. The molecule has 108 valence electrons. The van der Waals surface area contributed by atoms with Crippen LogP contribution in [0.4, 0.5) is 0 Å². The number of ether oxygens (including phenoxy) is 1. The molecule has 0 saturated heterocycles. The largest absolute Gasteiger partial charge is 0.421 e. The molecular formula is C18H15N2OP. The van der Waals surface area contributed by atoms with E-state index in [1.165, 1.54) is 0 Å². The van der Waals surface area contributed by atoms with Gasteiger partial charge in [0.15, 0.2) is 0 Å². The Bertz CT molecular complexity index is 863. The number of rotatable bonds is 2. The average molecular weight is 306 g/mol. The van der Waals surface area contributed by atoms with E-state index in [4.69, 9.17) is 4.74 Å². The second-order valence-corrected chi connectivity index (χ2v) is 4.79. The van der Waals surface area contributed by atoms with Crippen molar-refractivity contribution in [3.8, 4) is 11.8 Å². The molecule has 0 fully saturated rings. The lowest BCUT2D eigenvalue weighted by atomic mass is 10.2. The molecule has 2 heterocycles. The van der Waals surface area contributed by atoms with Gasteiger partial charge < -0.3 is 4.74 Å². The molecule has 0 amide bonds. The molecular weight excluding hydrogens is 291 g/mol. The predicted molar refractivity (Wildman–Crippen MR) is 94.7 cm³/mol. The van der Waals surface area contributed by atoms with Crippen molar-refractivity contribution in [2.24, 2.45) is 0 Å². The topological polar surface area (TPSA) is 35.0 Å². The van der Waals surface area contributed by atoms with Gasteiger partial charge in [-0.05, 0) is 24.3 Å². The van der Waals surface area contributed by atoms with Gasteiger partial charge in [0.05, 0.1) is 11.0 Å². The fourth-order valence-corrected chi connectivity index (χ4v) is 2.32. The Morgan fingerprint density at radius 3 is 1.50 bits per heavy atom. The van der Waals surface area contributed by atoms with Gasteiger partial charge >= 0.3 is 0 Å². The summed E-state index contributed by atoms with van der Waals surface area (Å²) in [5.41, 5.74) is 1.83. The average Bonchev–Trinajstić information content (AvgIpc) is 2.55. The summed E-state index contributed by atoms with van der Waals surface area (Å²) in [7, 11) is 0. The third kappa shape index (κ3) is 2.76. The number of aromatic nitrogens is 2. The lowest BCUT2D eigenvalue weighted by molar-refractivity contribution is 0.448. The van der Waals surface area contributed by atoms with Crippen LogP contribution in [0.3, 0.4) is 0 Å². The quantitative estimate of drug-likeness (QED) is 0.506. The zero-order chi connectivity index (χ0) is 14.1. The minimum atomic E-state index is 0. The summed E-state index contributed by atoms with van der Waals surface area (Å²) < 4.78 is 5.77. The Morgan fingerprint density at radius 2 is 1.00 bits per heavy atom. The van der Waals surface area contributed by atoms with Crippen molar-refractivity contribution >= 4 is 31.7 Å². The van der Waals surface area contributed by atoms with Gasteiger partial charge in [-0.15, -0.1) is 0 Å². The first-order chi connectivity index (χ1) is 10.4. The van der Waals surface area contributed by atoms with Gasteiger partial charge in [-0.2, -0.15) is 9.90 Å². The molecule has 0 aliphatic rings. The van der Waals surface area contributed by atoms with Gasteiger partial charge in [-0.25, -0.2) is 9.97 Å². The maximum atomic E-state index is 5.77. The van der Waals surface area contributed by atoms with E-state index in [9.17, 15) is 0 Å². The number of benzene rings is 2. The Hall–Kier alpha value is -2.51. The lowest BCUT2D eigenvalue weighted by Gasteiger charge is -2.06. The summed E-state index contributed by atoms with van der Waals surface area (Å²) >= 11 is 0. The Morgan fingerprint density at radius 1 is 0.545 bits per heavy atom.